The summed E-state index contributed by atoms with van der Waals surface area (Å²) in [6.45, 7) is 2.50. The number of rotatable bonds is 4. The Bertz CT molecular complexity index is 689. The van der Waals surface area contributed by atoms with Gasteiger partial charge in [-0.2, -0.15) is 5.10 Å². The molecule has 2 aromatic rings. The van der Waals surface area contributed by atoms with Gasteiger partial charge in [-0.25, -0.2) is 9.07 Å². The van der Waals surface area contributed by atoms with Crippen LogP contribution in [0.15, 0.2) is 30.5 Å². The minimum atomic E-state index is -0.354. The molecule has 1 saturated carbocycles. The smallest absolute Gasteiger partial charge is 0.254 e. The summed E-state index contributed by atoms with van der Waals surface area (Å²) in [5.41, 5.74) is 1.51. The van der Waals surface area contributed by atoms with Crippen LogP contribution in [-0.2, 0) is 0 Å². The zero-order chi connectivity index (χ0) is 16.2. The summed E-state index contributed by atoms with van der Waals surface area (Å²) in [4.78, 5) is 12.4. The average molecular weight is 315 g/mol. The molecule has 1 heterocycles. The lowest BCUT2D eigenvalue weighted by atomic mass is 9.89. The van der Waals surface area contributed by atoms with Crippen molar-refractivity contribution in [1.29, 1.82) is 0 Å². The van der Waals surface area contributed by atoms with Crippen LogP contribution in [0.25, 0.3) is 5.69 Å². The fraction of sp³-hybridized carbons (Fsp3) is 0.444. The van der Waals surface area contributed by atoms with Crippen molar-refractivity contribution in [2.24, 2.45) is 5.92 Å². The van der Waals surface area contributed by atoms with E-state index >= 15 is 0 Å². The standard InChI is InChI=1S/C18H22FN3O/c1-13-15(18(23)20-11-14-7-3-2-4-8-14)12-21-22(13)17-10-6-5-9-16(17)19/h5-6,9-10,12,14H,2-4,7-8,11H2,1H3,(H,20,23). The lowest BCUT2D eigenvalue weighted by Gasteiger charge is -2.21. The fourth-order valence-electron chi connectivity index (χ4n) is 3.22. The minimum absolute atomic E-state index is 0.129. The number of carbonyl (C=O) groups is 1. The van der Waals surface area contributed by atoms with Crippen molar-refractivity contribution in [2.45, 2.75) is 39.0 Å². The third-order valence-corrected chi connectivity index (χ3v) is 4.61. The summed E-state index contributed by atoms with van der Waals surface area (Å²) < 4.78 is 15.4. The quantitative estimate of drug-likeness (QED) is 0.936. The molecule has 1 aromatic heterocycles. The lowest BCUT2D eigenvalue weighted by molar-refractivity contribution is 0.0943. The molecule has 0 atom stereocenters. The fourth-order valence-corrected chi connectivity index (χ4v) is 3.22. The Labute approximate surface area is 135 Å². The maximum Gasteiger partial charge on any atom is 0.254 e. The number of para-hydroxylation sites is 1. The summed E-state index contributed by atoms with van der Waals surface area (Å²) in [6.07, 6.45) is 7.70. The minimum Gasteiger partial charge on any atom is -0.352 e. The van der Waals surface area contributed by atoms with Crippen molar-refractivity contribution in [3.63, 3.8) is 0 Å². The first kappa shape index (κ1) is 15.7. The summed E-state index contributed by atoms with van der Waals surface area (Å²) in [6, 6.07) is 6.43. The monoisotopic (exact) mass is 315 g/mol. The normalized spacial score (nSPS) is 15.6. The predicted molar refractivity (Wildman–Crippen MR) is 87.2 cm³/mol. The molecule has 1 aliphatic rings. The third-order valence-electron chi connectivity index (χ3n) is 4.61. The number of aromatic nitrogens is 2. The molecule has 0 unspecified atom stereocenters. The highest BCUT2D eigenvalue weighted by Crippen LogP contribution is 2.23. The van der Waals surface area contributed by atoms with E-state index in [1.807, 2.05) is 0 Å². The maximum absolute atomic E-state index is 13.9. The number of hydrogen-bond donors (Lipinski definition) is 1. The Morgan fingerprint density at radius 1 is 1.30 bits per heavy atom. The van der Waals surface area contributed by atoms with Gasteiger partial charge in [0, 0.05) is 6.54 Å². The van der Waals surface area contributed by atoms with Crippen molar-refractivity contribution in [2.75, 3.05) is 6.54 Å². The third kappa shape index (κ3) is 3.44. The second-order valence-corrected chi connectivity index (χ2v) is 6.22. The first-order chi connectivity index (χ1) is 11.2. The molecule has 3 rings (SSSR count). The highest BCUT2D eigenvalue weighted by atomic mass is 19.1. The van der Waals surface area contributed by atoms with Crippen LogP contribution < -0.4 is 5.32 Å². The van der Waals surface area contributed by atoms with Crippen LogP contribution in [0.5, 0.6) is 0 Å². The Hall–Kier alpha value is -2.17. The van der Waals surface area contributed by atoms with Crippen LogP contribution in [0.2, 0.25) is 0 Å². The van der Waals surface area contributed by atoms with Gasteiger partial charge in [-0.05, 0) is 37.8 Å². The van der Waals surface area contributed by atoms with E-state index in [4.69, 9.17) is 0 Å². The maximum atomic E-state index is 13.9. The van der Waals surface area contributed by atoms with E-state index in [0.29, 0.717) is 29.4 Å². The van der Waals surface area contributed by atoms with E-state index in [9.17, 15) is 9.18 Å². The molecule has 4 nitrogen and oxygen atoms in total. The van der Waals surface area contributed by atoms with Crippen LogP contribution in [0.3, 0.4) is 0 Å². The highest BCUT2D eigenvalue weighted by Gasteiger charge is 2.19. The Balaban J connectivity index is 1.71. The number of hydrogen-bond acceptors (Lipinski definition) is 2. The first-order valence-corrected chi connectivity index (χ1v) is 8.24. The Kier molecular flexibility index (Phi) is 4.74. The van der Waals surface area contributed by atoms with Crippen LogP contribution in [-0.4, -0.2) is 22.2 Å². The second-order valence-electron chi connectivity index (χ2n) is 6.22. The van der Waals surface area contributed by atoms with E-state index in [2.05, 4.69) is 10.4 Å². The molecule has 0 radical (unpaired) electrons. The molecular formula is C18H22FN3O. The van der Waals surface area contributed by atoms with E-state index in [-0.39, 0.29) is 11.7 Å². The van der Waals surface area contributed by atoms with Crippen molar-refractivity contribution < 1.29 is 9.18 Å². The molecule has 1 aromatic carbocycles. The molecular weight excluding hydrogens is 293 g/mol. The van der Waals surface area contributed by atoms with Gasteiger partial charge < -0.3 is 5.32 Å². The number of carbonyl (C=O) groups excluding carboxylic acids is 1. The van der Waals surface area contributed by atoms with E-state index in [1.54, 1.807) is 25.1 Å². The molecule has 1 fully saturated rings. The Morgan fingerprint density at radius 3 is 2.78 bits per heavy atom. The summed E-state index contributed by atoms with van der Waals surface area (Å²) in [7, 11) is 0. The largest absolute Gasteiger partial charge is 0.352 e. The topological polar surface area (TPSA) is 46.9 Å². The van der Waals surface area contributed by atoms with Gasteiger partial charge in [0.2, 0.25) is 0 Å². The van der Waals surface area contributed by atoms with Gasteiger partial charge >= 0.3 is 0 Å². The summed E-state index contributed by atoms with van der Waals surface area (Å²) >= 11 is 0. The number of nitrogens with one attached hydrogen (secondary N) is 1. The van der Waals surface area contributed by atoms with Gasteiger partial charge in [0.15, 0.2) is 0 Å². The van der Waals surface area contributed by atoms with Crippen molar-refractivity contribution in [3.05, 3.63) is 47.5 Å². The molecule has 1 N–H and O–H groups in total. The van der Waals surface area contributed by atoms with Gasteiger partial charge in [0.05, 0.1) is 17.5 Å². The second kappa shape index (κ2) is 6.94. The molecule has 23 heavy (non-hydrogen) atoms. The van der Waals surface area contributed by atoms with E-state index in [1.165, 1.54) is 49.0 Å². The zero-order valence-corrected chi connectivity index (χ0v) is 13.4. The molecule has 1 amide bonds. The summed E-state index contributed by atoms with van der Waals surface area (Å²) in [5.74, 6) is 0.0955. The number of amides is 1. The number of halogens is 1. The van der Waals surface area contributed by atoms with Gasteiger partial charge in [0.1, 0.15) is 11.5 Å². The van der Waals surface area contributed by atoms with Gasteiger partial charge in [0.25, 0.3) is 5.91 Å². The molecule has 0 saturated heterocycles. The average Bonchev–Trinajstić information content (AvgIpc) is 2.95. The van der Waals surface area contributed by atoms with Gasteiger partial charge in [-0.3, -0.25) is 4.79 Å². The molecule has 0 bridgehead atoms. The van der Waals surface area contributed by atoms with Crippen molar-refractivity contribution in [3.8, 4) is 5.69 Å². The summed E-state index contributed by atoms with van der Waals surface area (Å²) in [5, 5.41) is 7.18. The highest BCUT2D eigenvalue weighted by molar-refractivity contribution is 5.95. The predicted octanol–water partition coefficient (Wildman–Crippen LogP) is 3.63. The lowest BCUT2D eigenvalue weighted by Crippen LogP contribution is -2.30. The van der Waals surface area contributed by atoms with Crippen LogP contribution >= 0.6 is 0 Å². The molecule has 0 spiro atoms. The van der Waals surface area contributed by atoms with E-state index < -0.39 is 0 Å². The Morgan fingerprint density at radius 2 is 2.04 bits per heavy atom. The molecule has 1 aliphatic carbocycles. The van der Waals surface area contributed by atoms with Crippen molar-refractivity contribution in [1.82, 2.24) is 15.1 Å². The van der Waals surface area contributed by atoms with Gasteiger partial charge in [-0.15, -0.1) is 0 Å². The first-order valence-electron chi connectivity index (χ1n) is 8.24. The number of benzene rings is 1. The van der Waals surface area contributed by atoms with Crippen LogP contribution in [0, 0.1) is 18.7 Å². The zero-order valence-electron chi connectivity index (χ0n) is 13.4. The van der Waals surface area contributed by atoms with Crippen LogP contribution in [0.4, 0.5) is 4.39 Å². The molecule has 0 aliphatic heterocycles. The van der Waals surface area contributed by atoms with E-state index in [0.717, 1.165) is 0 Å². The number of nitrogens with zero attached hydrogens (tertiary/aromatic N) is 2. The molecule has 5 heteroatoms. The molecule has 122 valence electrons. The van der Waals surface area contributed by atoms with Crippen LogP contribution in [0.1, 0.15) is 48.2 Å². The SMILES string of the molecule is Cc1c(C(=O)NCC2CCCCC2)cnn1-c1ccccc1F. The van der Waals surface area contributed by atoms with Gasteiger partial charge in [-0.1, -0.05) is 31.4 Å². The van der Waals surface area contributed by atoms with Crippen molar-refractivity contribution >= 4 is 5.91 Å².